The fraction of sp³-hybridized carbons (Fsp3) is 0.926. The first-order valence-electron chi connectivity index (χ1n) is 13.0. The van der Waals surface area contributed by atoms with E-state index in [0.29, 0.717) is 0 Å². The van der Waals surface area contributed by atoms with Crippen LogP contribution in [0.3, 0.4) is 0 Å². The minimum absolute atomic E-state index is 0.957. The van der Waals surface area contributed by atoms with Crippen molar-refractivity contribution in [3.8, 4) is 12.3 Å². The molecule has 0 aliphatic heterocycles. The number of rotatable bonds is 22. The second-order valence-electron chi connectivity index (χ2n) is 9.18. The Labute approximate surface area is 179 Å². The Kier molecular flexibility index (Phi) is 20.9. The van der Waals surface area contributed by atoms with Gasteiger partial charge in [-0.25, -0.2) is 0 Å². The van der Waals surface area contributed by atoms with E-state index >= 15 is 0 Å². The van der Waals surface area contributed by atoms with E-state index in [9.17, 15) is 0 Å². The van der Waals surface area contributed by atoms with Crippen molar-refractivity contribution >= 4 is 0 Å². The van der Waals surface area contributed by atoms with Gasteiger partial charge >= 0.3 is 0 Å². The SMILES string of the molecule is C#CC[N+](CCCCCCCC)(CCCCCCCC)CCCCCCCC. The molecule has 0 amide bonds. The Morgan fingerprint density at radius 1 is 0.464 bits per heavy atom. The Morgan fingerprint density at radius 2 is 0.750 bits per heavy atom. The Bertz CT molecular complexity index is 300. The van der Waals surface area contributed by atoms with E-state index in [0.717, 1.165) is 6.54 Å². The Morgan fingerprint density at radius 3 is 1.04 bits per heavy atom. The maximum Gasteiger partial charge on any atom is 0.140 e. The normalized spacial score (nSPS) is 11.6. The monoisotopic (exact) mass is 392 g/mol. The van der Waals surface area contributed by atoms with Crippen LogP contribution in [-0.2, 0) is 0 Å². The van der Waals surface area contributed by atoms with Gasteiger partial charge in [0.1, 0.15) is 6.54 Å². The van der Waals surface area contributed by atoms with Crippen LogP contribution in [0.4, 0.5) is 0 Å². The van der Waals surface area contributed by atoms with E-state index in [1.54, 1.807) is 0 Å². The maximum absolute atomic E-state index is 5.86. The largest absolute Gasteiger partial charge is 0.314 e. The number of nitrogens with zero attached hydrogens (tertiary/aromatic N) is 1. The van der Waals surface area contributed by atoms with Gasteiger partial charge in [0, 0.05) is 0 Å². The van der Waals surface area contributed by atoms with Crippen LogP contribution in [0.15, 0.2) is 0 Å². The molecule has 166 valence electrons. The highest BCUT2D eigenvalue weighted by Crippen LogP contribution is 2.18. The highest BCUT2D eigenvalue weighted by Gasteiger charge is 2.25. The lowest BCUT2D eigenvalue weighted by Gasteiger charge is -2.38. The van der Waals surface area contributed by atoms with Crippen LogP contribution in [0, 0.1) is 12.3 Å². The van der Waals surface area contributed by atoms with Crippen LogP contribution in [0.25, 0.3) is 0 Å². The van der Waals surface area contributed by atoms with Crippen molar-refractivity contribution in [3.05, 3.63) is 0 Å². The van der Waals surface area contributed by atoms with Crippen molar-refractivity contribution in [1.82, 2.24) is 0 Å². The number of unbranched alkanes of at least 4 members (excludes halogenated alkanes) is 15. The molecule has 0 aliphatic rings. The first-order valence-corrected chi connectivity index (χ1v) is 13.0. The second kappa shape index (κ2) is 21.2. The summed E-state index contributed by atoms with van der Waals surface area (Å²) >= 11 is 0. The molecular weight excluding hydrogens is 338 g/mol. The minimum Gasteiger partial charge on any atom is -0.314 e. The molecule has 28 heavy (non-hydrogen) atoms. The van der Waals surface area contributed by atoms with Crippen LogP contribution in [0.1, 0.15) is 136 Å². The highest BCUT2D eigenvalue weighted by atomic mass is 15.3. The molecule has 0 saturated carbocycles. The lowest BCUT2D eigenvalue weighted by atomic mass is 10.1. The molecule has 0 rings (SSSR count). The molecule has 1 heteroatoms. The third-order valence-corrected chi connectivity index (χ3v) is 6.38. The molecule has 0 bridgehead atoms. The topological polar surface area (TPSA) is 0 Å². The lowest BCUT2D eigenvalue weighted by molar-refractivity contribution is -0.922. The zero-order chi connectivity index (χ0) is 20.8. The molecule has 0 aromatic heterocycles. The molecular formula is C27H54N+. The summed E-state index contributed by atoms with van der Waals surface area (Å²) in [5.74, 6) is 3.06. The molecule has 0 aliphatic carbocycles. The molecule has 0 spiro atoms. The first kappa shape index (κ1) is 27.5. The summed E-state index contributed by atoms with van der Waals surface area (Å²) in [6, 6.07) is 0. The summed E-state index contributed by atoms with van der Waals surface area (Å²) in [5, 5.41) is 0. The molecule has 1 nitrogen and oxygen atoms in total. The zero-order valence-electron chi connectivity index (χ0n) is 20.1. The molecule has 0 heterocycles. The third kappa shape index (κ3) is 16.5. The summed E-state index contributed by atoms with van der Waals surface area (Å²) < 4.78 is 1.21. The zero-order valence-corrected chi connectivity index (χ0v) is 20.1. The molecule has 0 atom stereocenters. The highest BCUT2D eigenvalue weighted by molar-refractivity contribution is 4.84. The lowest BCUT2D eigenvalue weighted by Crippen LogP contribution is -2.50. The van der Waals surface area contributed by atoms with E-state index in [-0.39, 0.29) is 0 Å². The van der Waals surface area contributed by atoms with Gasteiger partial charge in [0.25, 0.3) is 0 Å². The molecule has 0 aromatic rings. The quantitative estimate of drug-likeness (QED) is 0.0983. The van der Waals surface area contributed by atoms with Crippen LogP contribution in [0.2, 0.25) is 0 Å². The van der Waals surface area contributed by atoms with Gasteiger partial charge in [0.2, 0.25) is 0 Å². The summed E-state index contributed by atoms with van der Waals surface area (Å²) in [7, 11) is 0. The molecule has 0 fully saturated rings. The molecule has 0 saturated heterocycles. The maximum atomic E-state index is 5.86. The fourth-order valence-electron chi connectivity index (χ4n) is 4.45. The van der Waals surface area contributed by atoms with Crippen LogP contribution in [0.5, 0.6) is 0 Å². The van der Waals surface area contributed by atoms with Gasteiger partial charge in [-0.05, 0) is 44.4 Å². The van der Waals surface area contributed by atoms with Crippen LogP contribution < -0.4 is 0 Å². The van der Waals surface area contributed by atoms with Gasteiger partial charge in [0.15, 0.2) is 0 Å². The van der Waals surface area contributed by atoms with E-state index < -0.39 is 0 Å². The van der Waals surface area contributed by atoms with E-state index in [1.807, 2.05) is 0 Å². The van der Waals surface area contributed by atoms with Gasteiger partial charge < -0.3 is 4.48 Å². The minimum atomic E-state index is 0.957. The van der Waals surface area contributed by atoms with E-state index in [4.69, 9.17) is 6.42 Å². The standard InChI is InChI=1S/C27H54N/c1-5-9-12-15-18-21-25-28(24-8-4,26-22-19-16-13-10-6-2)27-23-20-17-14-11-7-3/h4H,5-7,9-27H2,1-3H3/q+1. The van der Waals surface area contributed by atoms with Gasteiger partial charge in [0.05, 0.1) is 19.6 Å². The van der Waals surface area contributed by atoms with Crippen molar-refractivity contribution in [2.45, 2.75) is 136 Å². The van der Waals surface area contributed by atoms with Gasteiger partial charge in [-0.3, -0.25) is 0 Å². The second-order valence-corrected chi connectivity index (χ2v) is 9.18. The molecule has 0 aromatic carbocycles. The predicted octanol–water partition coefficient (Wildman–Crippen LogP) is 8.52. The first-order chi connectivity index (χ1) is 13.7. The number of hydrogen-bond donors (Lipinski definition) is 0. The fourth-order valence-corrected chi connectivity index (χ4v) is 4.45. The van der Waals surface area contributed by atoms with Crippen molar-refractivity contribution in [1.29, 1.82) is 0 Å². The number of hydrogen-bond acceptors (Lipinski definition) is 0. The average molecular weight is 393 g/mol. The van der Waals surface area contributed by atoms with Crippen LogP contribution in [-0.4, -0.2) is 30.7 Å². The van der Waals surface area contributed by atoms with Crippen molar-refractivity contribution < 1.29 is 4.48 Å². The van der Waals surface area contributed by atoms with E-state index in [2.05, 4.69) is 26.7 Å². The number of terminal acetylenes is 1. The molecule has 0 unspecified atom stereocenters. The summed E-state index contributed by atoms with van der Waals surface area (Å²) in [6.07, 6.45) is 30.9. The Balaban J connectivity index is 4.42. The average Bonchev–Trinajstić information content (AvgIpc) is 2.70. The molecule has 0 N–H and O–H groups in total. The predicted molar refractivity (Wildman–Crippen MR) is 129 cm³/mol. The van der Waals surface area contributed by atoms with Gasteiger partial charge in [-0.15, -0.1) is 6.42 Å². The van der Waals surface area contributed by atoms with Crippen molar-refractivity contribution in [3.63, 3.8) is 0 Å². The summed E-state index contributed by atoms with van der Waals surface area (Å²) in [4.78, 5) is 0. The van der Waals surface area contributed by atoms with Crippen molar-refractivity contribution in [2.24, 2.45) is 0 Å². The number of quaternary nitrogens is 1. The van der Waals surface area contributed by atoms with Gasteiger partial charge in [-0.2, -0.15) is 0 Å². The Hall–Kier alpha value is -0.480. The third-order valence-electron chi connectivity index (χ3n) is 6.38. The smallest absolute Gasteiger partial charge is 0.140 e. The summed E-state index contributed by atoms with van der Waals surface area (Å²) in [6.45, 7) is 11.8. The van der Waals surface area contributed by atoms with Crippen molar-refractivity contribution in [2.75, 3.05) is 26.2 Å². The van der Waals surface area contributed by atoms with Gasteiger partial charge in [-0.1, -0.05) is 97.8 Å². The van der Waals surface area contributed by atoms with E-state index in [1.165, 1.54) is 140 Å². The molecule has 0 radical (unpaired) electrons. The van der Waals surface area contributed by atoms with Crippen LogP contribution >= 0.6 is 0 Å². The summed E-state index contributed by atoms with van der Waals surface area (Å²) in [5.41, 5.74) is 0.